The Balaban J connectivity index is 2.02. The van der Waals surface area contributed by atoms with Crippen molar-refractivity contribution in [2.45, 2.75) is 24.4 Å². The van der Waals surface area contributed by atoms with Gasteiger partial charge in [-0.15, -0.1) is 0 Å². The summed E-state index contributed by atoms with van der Waals surface area (Å²) in [6.07, 6.45) is -4.62. The number of hydrogen-bond acceptors (Lipinski definition) is 3. The number of amides is 1. The maximum atomic E-state index is 12.8. The minimum Gasteiger partial charge on any atom is -0.360 e. The molecule has 1 aliphatic rings. The lowest BCUT2D eigenvalue weighted by atomic mass is 10.1. The first kappa shape index (κ1) is 13.9. The maximum Gasteiger partial charge on any atom is 0.412 e. The predicted octanol–water partition coefficient (Wildman–Crippen LogP) is 2.73. The van der Waals surface area contributed by atoms with Crippen molar-refractivity contribution in [3.8, 4) is 0 Å². The summed E-state index contributed by atoms with van der Waals surface area (Å²) in [6, 6.07) is 9.16. The van der Waals surface area contributed by atoms with E-state index >= 15 is 0 Å². The van der Waals surface area contributed by atoms with Gasteiger partial charge in [0.15, 0.2) is 9.91 Å². The zero-order valence-corrected chi connectivity index (χ0v) is 10.8. The van der Waals surface area contributed by atoms with Gasteiger partial charge in [-0.1, -0.05) is 42.1 Å². The number of amidine groups is 1. The van der Waals surface area contributed by atoms with Crippen LogP contribution < -0.4 is 5.32 Å². The number of nitrogens with one attached hydrogen (secondary N) is 1. The summed E-state index contributed by atoms with van der Waals surface area (Å²) in [5.41, 5.74) is 0.902. The van der Waals surface area contributed by atoms with Crippen LogP contribution in [0.15, 0.2) is 35.3 Å². The van der Waals surface area contributed by atoms with Crippen LogP contribution in [0.1, 0.15) is 12.5 Å². The highest BCUT2D eigenvalue weighted by Gasteiger charge is 2.61. The standard InChI is InChI=1S/C12H11F3N2OS/c1-11(12(13,14)15)9(18)17-10(19-11)16-7-8-5-3-2-4-6-8/h2-6H,7H2,1H3,(H,16,17,18)/t11-/m1/s1. The summed E-state index contributed by atoms with van der Waals surface area (Å²) < 4.78 is 35.9. The highest BCUT2D eigenvalue weighted by molar-refractivity contribution is 8.16. The molecular weight excluding hydrogens is 277 g/mol. The van der Waals surface area contributed by atoms with E-state index in [1.807, 2.05) is 30.3 Å². The van der Waals surface area contributed by atoms with E-state index in [0.29, 0.717) is 18.3 Å². The van der Waals surface area contributed by atoms with Crippen molar-refractivity contribution in [2.24, 2.45) is 4.99 Å². The number of carbonyl (C=O) groups excluding carboxylic acids is 1. The van der Waals surface area contributed by atoms with Gasteiger partial charge in [0, 0.05) is 6.54 Å². The van der Waals surface area contributed by atoms with E-state index in [0.717, 1.165) is 12.5 Å². The fourth-order valence-electron chi connectivity index (χ4n) is 1.49. The van der Waals surface area contributed by atoms with E-state index in [2.05, 4.69) is 10.3 Å². The molecule has 1 amide bonds. The molecule has 0 aromatic heterocycles. The Hall–Kier alpha value is -1.50. The Kier molecular flexibility index (Phi) is 3.58. The smallest absolute Gasteiger partial charge is 0.360 e. The number of halogens is 3. The van der Waals surface area contributed by atoms with Gasteiger partial charge in [-0.2, -0.15) is 18.2 Å². The molecule has 0 fully saturated rings. The second kappa shape index (κ2) is 4.88. The predicted molar refractivity (Wildman–Crippen MR) is 67.8 cm³/mol. The zero-order valence-electron chi connectivity index (χ0n) is 9.99. The van der Waals surface area contributed by atoms with E-state index in [1.54, 1.807) is 0 Å². The Morgan fingerprint density at radius 1 is 1.32 bits per heavy atom. The van der Waals surface area contributed by atoms with Crippen molar-refractivity contribution in [3.63, 3.8) is 0 Å². The van der Waals surface area contributed by atoms with Crippen LogP contribution >= 0.6 is 11.8 Å². The monoisotopic (exact) mass is 288 g/mol. The molecule has 102 valence electrons. The molecule has 0 saturated heterocycles. The molecule has 0 bridgehead atoms. The molecule has 1 heterocycles. The third-order valence-electron chi connectivity index (χ3n) is 2.74. The topological polar surface area (TPSA) is 41.5 Å². The normalized spacial score (nSPS) is 23.4. The van der Waals surface area contributed by atoms with Gasteiger partial charge >= 0.3 is 6.18 Å². The molecule has 0 unspecified atom stereocenters. The van der Waals surface area contributed by atoms with Crippen LogP contribution in [0, 0.1) is 0 Å². The molecule has 1 aromatic rings. The van der Waals surface area contributed by atoms with Crippen LogP contribution in [0.25, 0.3) is 0 Å². The molecule has 1 aliphatic heterocycles. The summed E-state index contributed by atoms with van der Waals surface area (Å²) in [6.45, 7) is 1.18. The number of rotatable bonds is 2. The average molecular weight is 288 g/mol. The maximum absolute atomic E-state index is 12.8. The molecule has 1 aromatic carbocycles. The molecule has 1 atom stereocenters. The van der Waals surface area contributed by atoms with Gasteiger partial charge in [0.25, 0.3) is 5.91 Å². The molecule has 1 N–H and O–H groups in total. The summed E-state index contributed by atoms with van der Waals surface area (Å²) in [5.74, 6) is -1.17. The first-order chi connectivity index (χ1) is 8.83. The van der Waals surface area contributed by atoms with Crippen LogP contribution in [0.3, 0.4) is 0 Å². The van der Waals surface area contributed by atoms with Crippen LogP contribution in [0.4, 0.5) is 13.2 Å². The van der Waals surface area contributed by atoms with Crippen LogP contribution in [0.5, 0.6) is 0 Å². The summed E-state index contributed by atoms with van der Waals surface area (Å²) in [5, 5.41) is 2.76. The van der Waals surface area contributed by atoms with Gasteiger partial charge in [-0.3, -0.25) is 4.79 Å². The highest BCUT2D eigenvalue weighted by Crippen LogP contribution is 2.45. The quantitative estimate of drug-likeness (QED) is 0.909. The van der Waals surface area contributed by atoms with Crippen molar-refractivity contribution in [2.75, 3.05) is 0 Å². The number of alkyl halides is 3. The van der Waals surface area contributed by atoms with Crippen LogP contribution in [-0.2, 0) is 11.3 Å². The number of benzene rings is 1. The third-order valence-corrected chi connectivity index (χ3v) is 3.98. The van der Waals surface area contributed by atoms with E-state index in [9.17, 15) is 18.0 Å². The molecule has 0 spiro atoms. The van der Waals surface area contributed by atoms with Gasteiger partial charge in [0.2, 0.25) is 0 Å². The lowest BCUT2D eigenvalue weighted by molar-refractivity contribution is -0.165. The molecule has 7 heteroatoms. The zero-order chi connectivity index (χ0) is 14.1. The molecule has 2 rings (SSSR count). The van der Waals surface area contributed by atoms with Crippen molar-refractivity contribution >= 4 is 22.8 Å². The van der Waals surface area contributed by atoms with Crippen molar-refractivity contribution < 1.29 is 18.0 Å². The Morgan fingerprint density at radius 2 is 1.95 bits per heavy atom. The number of nitrogens with zero attached hydrogens (tertiary/aromatic N) is 1. The van der Waals surface area contributed by atoms with Crippen molar-refractivity contribution in [1.82, 2.24) is 5.32 Å². The Labute approximate surface area is 112 Å². The number of thioether (sulfide) groups is 1. The lowest BCUT2D eigenvalue weighted by Crippen LogP contribution is -2.43. The van der Waals surface area contributed by atoms with Gasteiger partial charge in [-0.05, 0) is 12.5 Å². The highest BCUT2D eigenvalue weighted by atomic mass is 32.2. The fourth-order valence-corrected chi connectivity index (χ4v) is 2.40. The lowest BCUT2D eigenvalue weighted by Gasteiger charge is -2.22. The van der Waals surface area contributed by atoms with Crippen molar-refractivity contribution in [1.29, 1.82) is 0 Å². The first-order valence-corrected chi connectivity index (χ1v) is 6.31. The van der Waals surface area contributed by atoms with Gasteiger partial charge in [-0.25, -0.2) is 0 Å². The average Bonchev–Trinajstić information content (AvgIpc) is 2.65. The van der Waals surface area contributed by atoms with E-state index in [-0.39, 0.29) is 5.17 Å². The number of aliphatic imine (C=N–C) groups is 1. The summed E-state index contributed by atoms with van der Waals surface area (Å²) >= 11 is 0.412. The SMILES string of the molecule is C[C@@]1(C(F)(F)F)SC(NCc2ccccc2)=NC1=O. The summed E-state index contributed by atoms with van der Waals surface area (Å²) in [4.78, 5) is 14.8. The second-order valence-electron chi connectivity index (χ2n) is 4.19. The van der Waals surface area contributed by atoms with Crippen molar-refractivity contribution in [3.05, 3.63) is 35.9 Å². The van der Waals surface area contributed by atoms with Gasteiger partial charge < -0.3 is 5.32 Å². The number of carbonyl (C=O) groups is 1. The molecule has 3 nitrogen and oxygen atoms in total. The van der Waals surface area contributed by atoms with E-state index < -0.39 is 16.8 Å². The minimum absolute atomic E-state index is 0.00804. The Morgan fingerprint density at radius 3 is 2.47 bits per heavy atom. The molecule has 0 radical (unpaired) electrons. The van der Waals surface area contributed by atoms with E-state index in [1.165, 1.54) is 0 Å². The van der Waals surface area contributed by atoms with Crippen LogP contribution in [-0.4, -0.2) is 22.0 Å². The first-order valence-electron chi connectivity index (χ1n) is 5.49. The third kappa shape index (κ3) is 2.75. The molecule has 0 saturated carbocycles. The number of hydrogen-bond donors (Lipinski definition) is 1. The Bertz CT molecular complexity index is 515. The largest absolute Gasteiger partial charge is 0.412 e. The second-order valence-corrected chi connectivity index (χ2v) is 5.60. The van der Waals surface area contributed by atoms with Gasteiger partial charge in [0.1, 0.15) is 0 Å². The summed E-state index contributed by atoms with van der Waals surface area (Å²) in [7, 11) is 0. The fraction of sp³-hybridized carbons (Fsp3) is 0.333. The molecular formula is C12H11F3N2OS. The minimum atomic E-state index is -4.62. The molecule has 0 aliphatic carbocycles. The van der Waals surface area contributed by atoms with Gasteiger partial charge in [0.05, 0.1) is 0 Å². The van der Waals surface area contributed by atoms with E-state index in [4.69, 9.17) is 0 Å². The molecule has 19 heavy (non-hydrogen) atoms. The van der Waals surface area contributed by atoms with Crippen LogP contribution in [0.2, 0.25) is 0 Å².